The molecular weight excluding hydrogens is 585 g/mol. The number of phenolic OH excluding ortho intramolecular Hbond substituents is 2. The number of fused-ring (bicyclic) bond motifs is 6. The number of likely N-dealkylation sites (tertiary alicyclic amines) is 1. The lowest BCUT2D eigenvalue weighted by Gasteiger charge is -2.38. The SMILES string of the molecule is COc1cc2c(c(Cl)c1O)Oc1c(cc(OC)c(O)c1Cl)C21OC(=O)c2ccc(C3CC(=O)N(C(=O)O)C3=O)cc21. The maximum Gasteiger partial charge on any atom is 0.421 e. The van der Waals surface area contributed by atoms with Crippen molar-refractivity contribution in [1.29, 1.82) is 0 Å². The van der Waals surface area contributed by atoms with E-state index >= 15 is 0 Å². The number of esters is 1. The molecule has 41 heavy (non-hydrogen) atoms. The van der Waals surface area contributed by atoms with Crippen LogP contribution < -0.4 is 14.2 Å². The van der Waals surface area contributed by atoms with Gasteiger partial charge in [-0.05, 0) is 29.8 Å². The maximum atomic E-state index is 13.4. The monoisotopic (exact) mass is 601 g/mol. The zero-order chi connectivity index (χ0) is 29.5. The number of aromatic hydroxyl groups is 2. The molecule has 1 saturated heterocycles. The topological polar surface area (TPSA) is 169 Å². The molecular formula is C27H17Cl2NO11. The highest BCUT2D eigenvalue weighted by atomic mass is 35.5. The summed E-state index contributed by atoms with van der Waals surface area (Å²) in [6, 6.07) is 6.95. The molecule has 1 unspecified atom stereocenters. The summed E-state index contributed by atoms with van der Waals surface area (Å²) < 4.78 is 22.6. The summed E-state index contributed by atoms with van der Waals surface area (Å²) in [6.45, 7) is 0. The molecule has 14 heteroatoms. The van der Waals surface area contributed by atoms with Gasteiger partial charge in [-0.3, -0.25) is 9.59 Å². The third kappa shape index (κ3) is 3.40. The van der Waals surface area contributed by atoms with Crippen molar-refractivity contribution in [2.24, 2.45) is 0 Å². The number of hydrogen-bond acceptors (Lipinski definition) is 10. The highest BCUT2D eigenvalue weighted by Crippen LogP contribution is 2.63. The molecule has 1 atom stereocenters. The van der Waals surface area contributed by atoms with Gasteiger partial charge in [0.05, 0.1) is 36.8 Å². The van der Waals surface area contributed by atoms with Crippen LogP contribution in [0.4, 0.5) is 4.79 Å². The van der Waals surface area contributed by atoms with Crippen molar-refractivity contribution >= 4 is 47.1 Å². The smallest absolute Gasteiger partial charge is 0.421 e. The summed E-state index contributed by atoms with van der Waals surface area (Å²) in [7, 11) is 2.56. The molecule has 0 saturated carbocycles. The molecule has 1 spiro atoms. The lowest BCUT2D eigenvalue weighted by molar-refractivity contribution is -0.135. The van der Waals surface area contributed by atoms with Gasteiger partial charge in [0.2, 0.25) is 11.8 Å². The Morgan fingerprint density at radius 3 is 2.00 bits per heavy atom. The third-order valence-electron chi connectivity index (χ3n) is 7.35. The van der Waals surface area contributed by atoms with Crippen LogP contribution in [0.25, 0.3) is 0 Å². The Kier molecular flexibility index (Phi) is 5.77. The number of ether oxygens (including phenoxy) is 4. The molecule has 3 amide bonds. The van der Waals surface area contributed by atoms with E-state index in [2.05, 4.69) is 0 Å². The zero-order valence-electron chi connectivity index (χ0n) is 21.0. The van der Waals surface area contributed by atoms with E-state index in [0.29, 0.717) is 0 Å². The van der Waals surface area contributed by atoms with E-state index in [0.717, 1.165) is 0 Å². The molecule has 0 radical (unpaired) electrons. The van der Waals surface area contributed by atoms with E-state index in [1.165, 1.54) is 44.6 Å². The van der Waals surface area contributed by atoms with E-state index in [9.17, 15) is 34.5 Å². The summed E-state index contributed by atoms with van der Waals surface area (Å²) in [5.41, 5.74) is -1.26. The predicted molar refractivity (Wildman–Crippen MR) is 138 cm³/mol. The Balaban J connectivity index is 1.68. The summed E-state index contributed by atoms with van der Waals surface area (Å²) in [4.78, 5) is 50.2. The van der Waals surface area contributed by atoms with Gasteiger partial charge >= 0.3 is 12.1 Å². The van der Waals surface area contributed by atoms with Crippen molar-refractivity contribution in [1.82, 2.24) is 4.90 Å². The summed E-state index contributed by atoms with van der Waals surface area (Å²) >= 11 is 13.0. The second kappa shape index (κ2) is 8.91. The molecule has 12 nitrogen and oxygen atoms in total. The fraction of sp³-hybridized carbons (Fsp3) is 0.185. The Labute approximate surface area is 240 Å². The second-order valence-corrected chi connectivity index (χ2v) is 10.1. The number of imide groups is 3. The van der Waals surface area contributed by atoms with E-state index in [-0.39, 0.29) is 65.8 Å². The molecule has 3 aromatic carbocycles. The van der Waals surface area contributed by atoms with E-state index < -0.39 is 53.3 Å². The molecule has 3 heterocycles. The number of rotatable bonds is 3. The minimum absolute atomic E-state index is 0.0609. The number of benzene rings is 3. The maximum absolute atomic E-state index is 13.4. The van der Waals surface area contributed by atoms with Crippen LogP contribution in [-0.4, -0.2) is 58.3 Å². The zero-order valence-corrected chi connectivity index (χ0v) is 22.5. The molecule has 3 N–H and O–H groups in total. The number of carbonyl (C=O) groups excluding carboxylic acids is 3. The summed E-state index contributed by atoms with van der Waals surface area (Å²) in [6.07, 6.45) is -2.11. The molecule has 0 bridgehead atoms. The Morgan fingerprint density at radius 1 is 0.951 bits per heavy atom. The molecule has 0 aliphatic carbocycles. The van der Waals surface area contributed by atoms with Crippen LogP contribution in [0.5, 0.6) is 34.5 Å². The normalized spacial score (nSPS) is 18.0. The highest BCUT2D eigenvalue weighted by Gasteiger charge is 2.56. The Morgan fingerprint density at radius 2 is 1.51 bits per heavy atom. The minimum atomic E-state index is -1.90. The second-order valence-electron chi connectivity index (χ2n) is 9.32. The molecule has 3 aliphatic heterocycles. The minimum Gasteiger partial charge on any atom is -0.503 e. The lowest BCUT2D eigenvalue weighted by Crippen LogP contribution is -2.35. The van der Waals surface area contributed by atoms with Crippen molar-refractivity contribution in [3.63, 3.8) is 0 Å². The first-order chi connectivity index (χ1) is 19.5. The van der Waals surface area contributed by atoms with E-state index in [1.54, 1.807) is 0 Å². The first kappa shape index (κ1) is 26.5. The first-order valence-corrected chi connectivity index (χ1v) is 12.6. The van der Waals surface area contributed by atoms with Crippen molar-refractivity contribution in [2.45, 2.75) is 17.9 Å². The number of halogens is 2. The largest absolute Gasteiger partial charge is 0.503 e. The van der Waals surface area contributed by atoms with Crippen LogP contribution in [0, 0.1) is 0 Å². The van der Waals surface area contributed by atoms with Gasteiger partial charge < -0.3 is 34.3 Å². The fourth-order valence-corrected chi connectivity index (χ4v) is 5.94. The van der Waals surface area contributed by atoms with Crippen molar-refractivity contribution in [3.8, 4) is 34.5 Å². The van der Waals surface area contributed by atoms with E-state index in [1.807, 2.05) is 0 Å². The number of methoxy groups -OCH3 is 2. The number of hydrogen-bond donors (Lipinski definition) is 3. The van der Waals surface area contributed by atoms with Crippen molar-refractivity contribution in [2.75, 3.05) is 14.2 Å². The van der Waals surface area contributed by atoms with Gasteiger partial charge in [0, 0.05) is 12.0 Å². The number of carbonyl (C=O) groups is 4. The lowest BCUT2D eigenvalue weighted by atomic mass is 9.76. The standard InChI is InChI=1S/C27H17Cl2NO11/c1-38-15-7-13-22(18(28)20(15)32)40-23-14(8-16(39-2)21(33)19(23)29)27(13)12-5-9(3-4-10(12)25(35)41-27)11-6-17(31)30(24(11)34)26(36)37/h3-5,7-8,11,32-33H,6H2,1-2H3,(H,36,37). The molecule has 3 aliphatic rings. The number of amides is 3. The quantitative estimate of drug-likeness (QED) is 0.285. The number of carboxylic acid groups (broad SMARTS) is 1. The van der Waals surface area contributed by atoms with Crippen LogP contribution in [-0.2, 0) is 19.9 Å². The van der Waals surface area contributed by atoms with Crippen LogP contribution in [0.2, 0.25) is 10.0 Å². The molecule has 1 fully saturated rings. The van der Waals surface area contributed by atoms with Crippen LogP contribution in [0.3, 0.4) is 0 Å². The van der Waals surface area contributed by atoms with Crippen LogP contribution in [0.15, 0.2) is 30.3 Å². The average Bonchev–Trinajstić information content (AvgIpc) is 3.41. The van der Waals surface area contributed by atoms with Gasteiger partial charge in [0.25, 0.3) is 0 Å². The van der Waals surface area contributed by atoms with E-state index in [4.69, 9.17) is 42.1 Å². The summed E-state index contributed by atoms with van der Waals surface area (Å²) in [5.74, 6) is -5.28. The number of nitrogens with zero attached hydrogens (tertiary/aromatic N) is 1. The molecule has 6 rings (SSSR count). The van der Waals surface area contributed by atoms with Gasteiger partial charge in [0.15, 0.2) is 40.1 Å². The Bertz CT molecular complexity index is 1690. The van der Waals surface area contributed by atoms with Gasteiger partial charge in [-0.1, -0.05) is 29.3 Å². The number of phenols is 2. The highest BCUT2D eigenvalue weighted by molar-refractivity contribution is 6.35. The van der Waals surface area contributed by atoms with Crippen LogP contribution in [0.1, 0.15) is 45.0 Å². The average molecular weight is 602 g/mol. The van der Waals surface area contributed by atoms with Crippen LogP contribution >= 0.6 is 23.2 Å². The van der Waals surface area contributed by atoms with Gasteiger partial charge in [-0.2, -0.15) is 4.90 Å². The third-order valence-corrected chi connectivity index (χ3v) is 8.05. The molecule has 210 valence electrons. The predicted octanol–water partition coefficient (Wildman–Crippen LogP) is 4.51. The molecule has 0 aromatic heterocycles. The van der Waals surface area contributed by atoms with Gasteiger partial charge in [-0.15, -0.1) is 0 Å². The van der Waals surface area contributed by atoms with Crippen molar-refractivity contribution in [3.05, 3.63) is 68.2 Å². The first-order valence-electron chi connectivity index (χ1n) is 11.8. The van der Waals surface area contributed by atoms with Crippen molar-refractivity contribution < 1.29 is 53.4 Å². The Hall–Kier alpha value is -4.68. The van der Waals surface area contributed by atoms with Gasteiger partial charge in [0.1, 0.15) is 10.0 Å². The fourth-order valence-electron chi connectivity index (χ4n) is 5.47. The van der Waals surface area contributed by atoms with Gasteiger partial charge in [-0.25, -0.2) is 9.59 Å². The molecule has 3 aromatic rings. The summed E-state index contributed by atoms with van der Waals surface area (Å²) in [5, 5.41) is 30.0.